The first-order valence-electron chi connectivity index (χ1n) is 10.6. The molecule has 0 radical (unpaired) electrons. The van der Waals surface area contributed by atoms with Gasteiger partial charge in [-0.15, -0.1) is 34.0 Å². The number of hydrogen-bond acceptors (Lipinski definition) is 4. The summed E-state index contributed by atoms with van der Waals surface area (Å²) in [5.41, 5.74) is 2.53. The van der Waals surface area contributed by atoms with Crippen molar-refractivity contribution in [2.75, 3.05) is 0 Å². The molecular formula is C28H22OS3. The highest BCUT2D eigenvalue weighted by molar-refractivity contribution is 7.22. The molecule has 1 N–H and O–H groups in total. The maximum absolute atomic E-state index is 12.6. The molecule has 3 heterocycles. The summed E-state index contributed by atoms with van der Waals surface area (Å²) < 4.78 is 3.62. The number of hydrogen-bond donors (Lipinski definition) is 1. The lowest BCUT2D eigenvalue weighted by Crippen LogP contribution is -2.25. The van der Waals surface area contributed by atoms with Crippen molar-refractivity contribution >= 4 is 64.3 Å². The summed E-state index contributed by atoms with van der Waals surface area (Å²) in [5.74, 6) is 0. The Labute approximate surface area is 199 Å². The van der Waals surface area contributed by atoms with Crippen molar-refractivity contribution in [3.63, 3.8) is 0 Å². The molecule has 6 aromatic rings. The van der Waals surface area contributed by atoms with E-state index in [1.807, 2.05) is 0 Å². The molecule has 158 valence electrons. The molecule has 0 amide bonds. The highest BCUT2D eigenvalue weighted by Gasteiger charge is 2.39. The number of benzene rings is 3. The van der Waals surface area contributed by atoms with Crippen LogP contribution in [0.25, 0.3) is 30.3 Å². The van der Waals surface area contributed by atoms with E-state index >= 15 is 0 Å². The van der Waals surface area contributed by atoms with Crippen LogP contribution in [0.4, 0.5) is 0 Å². The zero-order valence-electron chi connectivity index (χ0n) is 18.1. The molecule has 4 heteroatoms. The SMILES string of the molecule is Cc1ccc2sc(C(O)(c3cc4cc(C)ccc4s3)c3cc4cc(C)ccc4s3)cc2c1. The van der Waals surface area contributed by atoms with Crippen molar-refractivity contribution in [2.45, 2.75) is 26.4 Å². The van der Waals surface area contributed by atoms with E-state index in [2.05, 4.69) is 93.6 Å². The molecule has 0 aliphatic heterocycles. The fourth-order valence-corrected chi connectivity index (χ4v) is 8.07. The number of rotatable bonds is 3. The van der Waals surface area contributed by atoms with Crippen LogP contribution in [0.2, 0.25) is 0 Å². The van der Waals surface area contributed by atoms with Crippen LogP contribution >= 0.6 is 34.0 Å². The second kappa shape index (κ2) is 7.26. The Morgan fingerprint density at radius 3 is 1.12 bits per heavy atom. The molecule has 0 atom stereocenters. The third-order valence-corrected chi connectivity index (χ3v) is 9.76. The minimum absolute atomic E-state index is 0.977. The van der Waals surface area contributed by atoms with Gasteiger partial charge in [-0.1, -0.05) is 53.1 Å². The van der Waals surface area contributed by atoms with Gasteiger partial charge in [-0.05, 0) is 73.3 Å². The molecule has 0 fully saturated rings. The molecule has 0 saturated heterocycles. The minimum atomic E-state index is -1.17. The lowest BCUT2D eigenvalue weighted by molar-refractivity contribution is 0.138. The van der Waals surface area contributed by atoms with Gasteiger partial charge in [-0.25, -0.2) is 0 Å². The molecular weight excluding hydrogens is 449 g/mol. The summed E-state index contributed by atoms with van der Waals surface area (Å²) in [4.78, 5) is 2.93. The summed E-state index contributed by atoms with van der Waals surface area (Å²) in [6.45, 7) is 6.35. The van der Waals surface area contributed by atoms with Gasteiger partial charge in [0.15, 0.2) is 5.60 Å². The largest absolute Gasteiger partial charge is 0.374 e. The first kappa shape index (κ1) is 20.1. The van der Waals surface area contributed by atoms with Crippen LogP contribution in [-0.4, -0.2) is 5.11 Å². The lowest BCUT2D eigenvalue weighted by atomic mass is 9.96. The average Bonchev–Trinajstić information content (AvgIpc) is 3.48. The molecule has 32 heavy (non-hydrogen) atoms. The van der Waals surface area contributed by atoms with Crippen LogP contribution < -0.4 is 0 Å². The van der Waals surface area contributed by atoms with Gasteiger partial charge in [0.25, 0.3) is 0 Å². The second-order valence-corrected chi connectivity index (χ2v) is 11.9. The van der Waals surface area contributed by atoms with Crippen molar-refractivity contribution in [3.8, 4) is 0 Å². The Kier molecular flexibility index (Phi) is 4.57. The number of fused-ring (bicyclic) bond motifs is 3. The van der Waals surface area contributed by atoms with E-state index in [1.165, 1.54) is 46.9 Å². The molecule has 6 rings (SSSR count). The number of thiophene rings is 3. The monoisotopic (exact) mass is 470 g/mol. The third kappa shape index (κ3) is 3.13. The van der Waals surface area contributed by atoms with E-state index in [1.54, 1.807) is 34.0 Å². The van der Waals surface area contributed by atoms with Gasteiger partial charge in [0, 0.05) is 28.7 Å². The summed E-state index contributed by atoms with van der Waals surface area (Å²) in [5, 5.41) is 16.1. The van der Waals surface area contributed by atoms with Gasteiger partial charge in [-0.2, -0.15) is 0 Å². The molecule has 0 bridgehead atoms. The van der Waals surface area contributed by atoms with E-state index in [0.717, 1.165) is 14.6 Å². The van der Waals surface area contributed by atoms with Gasteiger partial charge in [0.2, 0.25) is 0 Å². The van der Waals surface area contributed by atoms with Crippen molar-refractivity contribution in [1.29, 1.82) is 0 Å². The van der Waals surface area contributed by atoms with E-state index in [9.17, 15) is 5.11 Å². The van der Waals surface area contributed by atoms with E-state index in [0.29, 0.717) is 0 Å². The molecule has 0 spiro atoms. The van der Waals surface area contributed by atoms with E-state index in [-0.39, 0.29) is 0 Å². The summed E-state index contributed by atoms with van der Waals surface area (Å²) in [7, 11) is 0. The smallest absolute Gasteiger partial charge is 0.167 e. The Bertz CT molecular complexity index is 1440. The molecule has 1 nitrogen and oxygen atoms in total. The predicted octanol–water partition coefficient (Wildman–Crippen LogP) is 8.54. The summed E-state index contributed by atoms with van der Waals surface area (Å²) in [6, 6.07) is 26.1. The van der Waals surface area contributed by atoms with Crippen LogP contribution in [0.15, 0.2) is 72.8 Å². The van der Waals surface area contributed by atoms with Crippen LogP contribution in [0.3, 0.4) is 0 Å². The van der Waals surface area contributed by atoms with Gasteiger partial charge in [-0.3, -0.25) is 0 Å². The number of aryl methyl sites for hydroxylation is 3. The maximum Gasteiger partial charge on any atom is 0.167 e. The van der Waals surface area contributed by atoms with Crippen LogP contribution in [0.5, 0.6) is 0 Å². The number of aliphatic hydroxyl groups is 1. The third-order valence-electron chi connectivity index (χ3n) is 6.09. The van der Waals surface area contributed by atoms with Gasteiger partial charge >= 0.3 is 0 Å². The highest BCUT2D eigenvalue weighted by Crippen LogP contribution is 2.49. The molecule has 0 saturated carbocycles. The summed E-state index contributed by atoms with van der Waals surface area (Å²) >= 11 is 5.08. The van der Waals surface area contributed by atoms with Crippen LogP contribution in [0, 0.1) is 20.8 Å². The molecule has 3 aromatic carbocycles. The predicted molar refractivity (Wildman–Crippen MR) is 142 cm³/mol. The zero-order valence-corrected chi connectivity index (χ0v) is 20.5. The van der Waals surface area contributed by atoms with Crippen LogP contribution in [-0.2, 0) is 5.60 Å². The summed E-state index contributed by atoms with van der Waals surface area (Å²) in [6.07, 6.45) is 0. The Balaban J connectivity index is 1.64. The quantitative estimate of drug-likeness (QED) is 0.275. The lowest BCUT2D eigenvalue weighted by Gasteiger charge is -2.24. The first-order valence-corrected chi connectivity index (χ1v) is 13.1. The van der Waals surface area contributed by atoms with Crippen molar-refractivity contribution in [1.82, 2.24) is 0 Å². The molecule has 0 aliphatic carbocycles. The Morgan fingerprint density at radius 2 is 0.812 bits per heavy atom. The fraction of sp³-hybridized carbons (Fsp3) is 0.143. The first-order chi connectivity index (χ1) is 15.4. The minimum Gasteiger partial charge on any atom is -0.374 e. The molecule has 0 aliphatic rings. The fourth-order valence-electron chi connectivity index (χ4n) is 4.39. The highest BCUT2D eigenvalue weighted by atomic mass is 32.1. The maximum atomic E-state index is 12.6. The van der Waals surface area contributed by atoms with Crippen molar-refractivity contribution < 1.29 is 5.11 Å². The standard InChI is InChI=1S/C28H22OS3/c1-16-4-7-22-19(10-16)13-25(30-22)28(29,26-14-20-11-17(2)5-8-23(20)31-26)27-15-21-12-18(3)6-9-24(21)32-27/h4-15,29H,1-3H3. The van der Waals surface area contributed by atoms with Crippen LogP contribution in [0.1, 0.15) is 31.3 Å². The zero-order chi connectivity index (χ0) is 22.0. The Morgan fingerprint density at radius 1 is 0.500 bits per heavy atom. The topological polar surface area (TPSA) is 20.2 Å². The second-order valence-electron chi connectivity index (χ2n) is 8.67. The average molecular weight is 471 g/mol. The molecule has 3 aromatic heterocycles. The van der Waals surface area contributed by atoms with Gasteiger partial charge in [0.05, 0.1) is 0 Å². The van der Waals surface area contributed by atoms with Gasteiger partial charge in [0.1, 0.15) is 0 Å². The van der Waals surface area contributed by atoms with E-state index in [4.69, 9.17) is 0 Å². The normalized spacial score (nSPS) is 12.4. The van der Waals surface area contributed by atoms with Crippen molar-refractivity contribution in [2.24, 2.45) is 0 Å². The van der Waals surface area contributed by atoms with Crippen molar-refractivity contribution in [3.05, 3.63) is 104 Å². The van der Waals surface area contributed by atoms with Gasteiger partial charge < -0.3 is 5.11 Å². The Hall–Kier alpha value is -2.50. The molecule has 0 unspecified atom stereocenters. The van der Waals surface area contributed by atoms with E-state index < -0.39 is 5.60 Å².